The van der Waals surface area contributed by atoms with Crippen molar-refractivity contribution in [1.82, 2.24) is 15.1 Å². The Bertz CT molecular complexity index is 999. The first-order valence-electron chi connectivity index (χ1n) is 10.4. The maximum atomic E-state index is 13.2. The van der Waals surface area contributed by atoms with Crippen molar-refractivity contribution < 1.29 is 27.9 Å². The van der Waals surface area contributed by atoms with Crippen LogP contribution in [-0.2, 0) is 17.5 Å². The Hall–Kier alpha value is -2.91. The Balaban J connectivity index is 1.46. The second-order valence-corrected chi connectivity index (χ2v) is 8.37. The van der Waals surface area contributed by atoms with Gasteiger partial charge in [0.15, 0.2) is 0 Å². The number of urea groups is 1. The normalized spacial score (nSPS) is 22.9. The predicted octanol–water partition coefficient (Wildman–Crippen LogP) is 3.33. The highest BCUT2D eigenvalue weighted by Crippen LogP contribution is 2.33. The molecule has 0 aliphatic carbocycles. The number of carbonyl (C=O) groups excluding carboxylic acids is 2. The third-order valence-corrected chi connectivity index (χ3v) is 6.02. The Labute approximate surface area is 183 Å². The molecule has 2 unspecified atom stereocenters. The zero-order valence-corrected chi connectivity index (χ0v) is 17.3. The van der Waals surface area contributed by atoms with Gasteiger partial charge in [-0.15, -0.1) is 0 Å². The second kappa shape index (κ2) is 8.55. The summed E-state index contributed by atoms with van der Waals surface area (Å²) in [5.41, 5.74) is -0.891. The van der Waals surface area contributed by atoms with Crippen LogP contribution in [0.2, 0.25) is 0 Å². The summed E-state index contributed by atoms with van der Waals surface area (Å²) in [5.74, 6) is -0.453. The molecule has 32 heavy (non-hydrogen) atoms. The molecule has 0 saturated carbocycles. The van der Waals surface area contributed by atoms with Crippen LogP contribution in [0, 0.1) is 0 Å². The van der Waals surface area contributed by atoms with Crippen LogP contribution in [0.5, 0.6) is 0 Å². The number of piperidine rings is 1. The molecule has 0 aromatic heterocycles. The fourth-order valence-corrected chi connectivity index (χ4v) is 4.44. The van der Waals surface area contributed by atoms with Crippen molar-refractivity contribution in [3.05, 3.63) is 71.3 Å². The summed E-state index contributed by atoms with van der Waals surface area (Å²) in [5, 5.41) is 13.3. The molecular formula is C23H24F3N3O3. The maximum Gasteiger partial charge on any atom is 0.416 e. The van der Waals surface area contributed by atoms with E-state index in [1.165, 1.54) is 12.1 Å². The van der Waals surface area contributed by atoms with Gasteiger partial charge in [-0.1, -0.05) is 42.5 Å². The van der Waals surface area contributed by atoms with Gasteiger partial charge in [0.2, 0.25) is 0 Å². The smallest absolute Gasteiger partial charge is 0.387 e. The van der Waals surface area contributed by atoms with E-state index in [0.29, 0.717) is 25.9 Å². The van der Waals surface area contributed by atoms with E-state index in [2.05, 4.69) is 10.2 Å². The third-order valence-electron chi connectivity index (χ3n) is 6.02. The molecule has 1 spiro atoms. The first kappa shape index (κ1) is 22.3. The van der Waals surface area contributed by atoms with Gasteiger partial charge in [-0.2, -0.15) is 13.2 Å². The van der Waals surface area contributed by atoms with Crippen LogP contribution in [0.25, 0.3) is 0 Å². The van der Waals surface area contributed by atoms with E-state index in [4.69, 9.17) is 0 Å². The number of β-amino-alcohol motifs (C(OH)–C–C–N with tert-alkyl or cyclic N) is 1. The van der Waals surface area contributed by atoms with Crippen LogP contribution in [0.15, 0.2) is 54.6 Å². The zero-order chi connectivity index (χ0) is 22.9. The lowest BCUT2D eigenvalue weighted by Gasteiger charge is -2.38. The highest BCUT2D eigenvalue weighted by Gasteiger charge is 2.53. The standard InChI is InChI=1S/C23H24F3N3O3/c24-23(25,26)18-9-4-8-17(12-18)19(30)14-29-20(31)22(27-21(29)32)10-5-11-28(15-22)13-16-6-2-1-3-7-16/h1-4,6-9,12,19,30H,5,10-11,13-15H2,(H,27,32). The number of hydrogen-bond donors (Lipinski definition) is 2. The average Bonchev–Trinajstić information content (AvgIpc) is 2.97. The Morgan fingerprint density at radius 3 is 2.56 bits per heavy atom. The number of nitrogens with one attached hydrogen (secondary N) is 1. The molecule has 170 valence electrons. The van der Waals surface area contributed by atoms with Crippen LogP contribution >= 0.6 is 0 Å². The Morgan fingerprint density at radius 1 is 1.09 bits per heavy atom. The number of benzene rings is 2. The number of hydrogen-bond acceptors (Lipinski definition) is 4. The summed E-state index contributed by atoms with van der Waals surface area (Å²) < 4.78 is 38.9. The van der Waals surface area contributed by atoms with E-state index in [1.807, 2.05) is 30.3 Å². The number of alkyl halides is 3. The van der Waals surface area contributed by atoms with E-state index < -0.39 is 41.9 Å². The minimum atomic E-state index is -4.55. The van der Waals surface area contributed by atoms with Gasteiger partial charge in [0.1, 0.15) is 5.54 Å². The van der Waals surface area contributed by atoms with Crippen LogP contribution in [0.1, 0.15) is 35.6 Å². The summed E-state index contributed by atoms with van der Waals surface area (Å²) in [6, 6.07) is 13.4. The molecule has 2 N–H and O–H groups in total. The first-order chi connectivity index (χ1) is 15.2. The lowest BCUT2D eigenvalue weighted by Crippen LogP contribution is -2.58. The van der Waals surface area contributed by atoms with Gasteiger partial charge in [-0.05, 0) is 42.6 Å². The summed E-state index contributed by atoms with van der Waals surface area (Å²) in [6.07, 6.45) is -4.79. The third kappa shape index (κ3) is 4.49. The summed E-state index contributed by atoms with van der Waals surface area (Å²) in [4.78, 5) is 28.8. The van der Waals surface area contributed by atoms with Gasteiger partial charge >= 0.3 is 12.2 Å². The van der Waals surface area contributed by atoms with Gasteiger partial charge in [0.25, 0.3) is 5.91 Å². The van der Waals surface area contributed by atoms with Crippen LogP contribution < -0.4 is 5.32 Å². The molecule has 4 rings (SSSR count). The summed E-state index contributed by atoms with van der Waals surface area (Å²) in [6.45, 7) is 1.35. The molecule has 2 aliphatic rings. The van der Waals surface area contributed by atoms with Gasteiger partial charge in [-0.25, -0.2) is 4.79 Å². The lowest BCUT2D eigenvalue weighted by atomic mass is 9.88. The van der Waals surface area contributed by atoms with E-state index in [0.717, 1.165) is 29.1 Å². The SMILES string of the molecule is O=C1NC2(CCCN(Cc3ccccc3)C2)C(=O)N1CC(O)c1cccc(C(F)(F)F)c1. The summed E-state index contributed by atoms with van der Waals surface area (Å²) in [7, 11) is 0. The van der Waals surface area contributed by atoms with Crippen molar-refractivity contribution in [3.63, 3.8) is 0 Å². The fourth-order valence-electron chi connectivity index (χ4n) is 4.44. The number of nitrogens with zero attached hydrogens (tertiary/aromatic N) is 2. The quantitative estimate of drug-likeness (QED) is 0.690. The monoisotopic (exact) mass is 447 g/mol. The molecule has 2 aliphatic heterocycles. The number of rotatable bonds is 5. The minimum absolute atomic E-state index is 0.00396. The molecular weight excluding hydrogens is 423 g/mol. The highest BCUT2D eigenvalue weighted by atomic mass is 19.4. The van der Waals surface area contributed by atoms with Gasteiger partial charge < -0.3 is 10.4 Å². The molecule has 0 bridgehead atoms. The van der Waals surface area contributed by atoms with Crippen molar-refractivity contribution in [2.24, 2.45) is 0 Å². The van der Waals surface area contributed by atoms with E-state index in [1.54, 1.807) is 0 Å². The van der Waals surface area contributed by atoms with Crippen molar-refractivity contribution in [2.45, 2.75) is 37.2 Å². The number of imide groups is 1. The molecule has 6 nitrogen and oxygen atoms in total. The van der Waals surface area contributed by atoms with Crippen molar-refractivity contribution >= 4 is 11.9 Å². The molecule has 2 heterocycles. The van der Waals surface area contributed by atoms with Gasteiger partial charge in [0, 0.05) is 13.1 Å². The molecule has 3 amide bonds. The molecule has 0 radical (unpaired) electrons. The lowest BCUT2D eigenvalue weighted by molar-refractivity contribution is -0.138. The van der Waals surface area contributed by atoms with Gasteiger partial charge in [-0.3, -0.25) is 14.6 Å². The fraction of sp³-hybridized carbons (Fsp3) is 0.391. The number of likely N-dealkylation sites (tertiary alicyclic amines) is 1. The van der Waals surface area contributed by atoms with Crippen LogP contribution in [0.3, 0.4) is 0 Å². The molecule has 2 fully saturated rings. The molecule has 9 heteroatoms. The maximum absolute atomic E-state index is 13.2. The molecule has 2 saturated heterocycles. The average molecular weight is 447 g/mol. The van der Waals surface area contributed by atoms with Gasteiger partial charge in [0.05, 0.1) is 18.2 Å². The van der Waals surface area contributed by atoms with E-state index in [9.17, 15) is 27.9 Å². The Kier molecular flexibility index (Phi) is 5.96. The number of amides is 3. The van der Waals surface area contributed by atoms with E-state index >= 15 is 0 Å². The number of aliphatic hydroxyl groups excluding tert-OH is 1. The van der Waals surface area contributed by atoms with Crippen LogP contribution in [0.4, 0.5) is 18.0 Å². The van der Waals surface area contributed by atoms with Crippen molar-refractivity contribution in [1.29, 1.82) is 0 Å². The topological polar surface area (TPSA) is 72.9 Å². The second-order valence-electron chi connectivity index (χ2n) is 8.37. The van der Waals surface area contributed by atoms with Crippen molar-refractivity contribution in [2.75, 3.05) is 19.6 Å². The zero-order valence-electron chi connectivity index (χ0n) is 17.3. The highest BCUT2D eigenvalue weighted by molar-refractivity contribution is 6.07. The minimum Gasteiger partial charge on any atom is -0.387 e. The number of carbonyl (C=O) groups is 2. The number of halogens is 3. The van der Waals surface area contributed by atoms with Crippen molar-refractivity contribution in [3.8, 4) is 0 Å². The Morgan fingerprint density at radius 2 is 1.84 bits per heavy atom. The first-order valence-corrected chi connectivity index (χ1v) is 10.4. The van der Waals surface area contributed by atoms with Crippen LogP contribution in [-0.4, -0.2) is 52.0 Å². The number of aliphatic hydroxyl groups is 1. The largest absolute Gasteiger partial charge is 0.416 e. The predicted molar refractivity (Wildman–Crippen MR) is 110 cm³/mol. The molecule has 2 aromatic carbocycles. The molecule has 2 aromatic rings. The molecule has 2 atom stereocenters. The van der Waals surface area contributed by atoms with E-state index in [-0.39, 0.29) is 5.56 Å². The summed E-state index contributed by atoms with van der Waals surface area (Å²) >= 11 is 0.